The zero-order valence-electron chi connectivity index (χ0n) is 14.2. The molecule has 0 bridgehead atoms. The van der Waals surface area contributed by atoms with Crippen molar-refractivity contribution in [3.63, 3.8) is 0 Å². The van der Waals surface area contributed by atoms with Crippen molar-refractivity contribution in [2.45, 2.75) is 18.8 Å². The van der Waals surface area contributed by atoms with Gasteiger partial charge in [-0.15, -0.1) is 0 Å². The summed E-state index contributed by atoms with van der Waals surface area (Å²) < 4.78 is 14.5. The molecular weight excluding hydrogens is 367 g/mol. The maximum Gasteiger partial charge on any atom is 0.280 e. The molecule has 1 aliphatic carbocycles. The highest BCUT2D eigenvalue weighted by Gasteiger charge is 2.27. The molecule has 7 heteroatoms. The number of amides is 1. The van der Waals surface area contributed by atoms with E-state index >= 15 is 0 Å². The van der Waals surface area contributed by atoms with Crippen LogP contribution in [-0.2, 0) is 0 Å². The summed E-state index contributed by atoms with van der Waals surface area (Å²) in [4.78, 5) is 20.3. The van der Waals surface area contributed by atoms with Gasteiger partial charge in [-0.25, -0.2) is 4.39 Å². The van der Waals surface area contributed by atoms with E-state index in [-0.39, 0.29) is 16.5 Å². The van der Waals surface area contributed by atoms with Gasteiger partial charge >= 0.3 is 0 Å². The van der Waals surface area contributed by atoms with Gasteiger partial charge in [-0.05, 0) is 54.0 Å². The number of hydrogen-bond acceptors (Lipinski definition) is 2. The second-order valence-electron chi connectivity index (χ2n) is 6.54. The van der Waals surface area contributed by atoms with Crippen LogP contribution in [0, 0.1) is 5.82 Å². The first-order chi connectivity index (χ1) is 13.0. The van der Waals surface area contributed by atoms with Gasteiger partial charge < -0.3 is 11.5 Å². The molecule has 0 aliphatic heterocycles. The number of nitrogens with zero attached hydrogens (tertiary/aromatic N) is 2. The maximum absolute atomic E-state index is 14.5. The van der Waals surface area contributed by atoms with E-state index in [1.807, 2.05) is 6.07 Å². The van der Waals surface area contributed by atoms with Crippen molar-refractivity contribution >= 4 is 34.2 Å². The molecule has 3 aromatic rings. The molecular formula is C20H16ClFN4O. The van der Waals surface area contributed by atoms with Gasteiger partial charge in [0, 0.05) is 17.1 Å². The predicted molar refractivity (Wildman–Crippen MR) is 104 cm³/mol. The topological polar surface area (TPSA) is 94.4 Å². The molecule has 2 aromatic carbocycles. The van der Waals surface area contributed by atoms with Crippen LogP contribution in [0.25, 0.3) is 22.0 Å². The molecule has 4 N–H and O–H groups in total. The van der Waals surface area contributed by atoms with Gasteiger partial charge in [0.25, 0.3) is 5.91 Å². The number of nitrogens with two attached hydrogens (primary N) is 2. The second kappa shape index (κ2) is 6.63. The lowest BCUT2D eigenvalue weighted by Gasteiger charge is -2.13. The first kappa shape index (κ1) is 17.4. The normalized spacial score (nSPS) is 13.6. The van der Waals surface area contributed by atoms with Crippen molar-refractivity contribution < 1.29 is 9.18 Å². The second-order valence-corrected chi connectivity index (χ2v) is 6.94. The molecule has 1 heterocycles. The Morgan fingerprint density at radius 3 is 2.63 bits per heavy atom. The standard InChI is InChI=1S/C20H16ClFN4O/c21-15-2-1-3-16(22)17(15)18-13-8-11(19(27)26-20(23)24)6-7-12(13)14(9-25-18)10-4-5-10/h1-3,6-10H,4-5H2,(H4,23,24,26,27). The molecule has 0 spiro atoms. The number of hydrogen-bond donors (Lipinski definition) is 2. The lowest BCUT2D eigenvalue weighted by atomic mass is 9.96. The van der Waals surface area contributed by atoms with Crippen molar-refractivity contribution in [1.82, 2.24) is 4.98 Å². The summed E-state index contributed by atoms with van der Waals surface area (Å²) in [6.45, 7) is 0. The van der Waals surface area contributed by atoms with E-state index < -0.39 is 11.7 Å². The number of halogens is 2. The minimum atomic E-state index is -0.570. The van der Waals surface area contributed by atoms with Gasteiger partial charge in [-0.1, -0.05) is 23.7 Å². The molecule has 1 saturated carbocycles. The van der Waals surface area contributed by atoms with E-state index in [0.29, 0.717) is 22.6 Å². The molecule has 136 valence electrons. The van der Waals surface area contributed by atoms with Crippen LogP contribution >= 0.6 is 11.6 Å². The molecule has 0 unspecified atom stereocenters. The van der Waals surface area contributed by atoms with E-state index in [0.717, 1.165) is 23.8 Å². The van der Waals surface area contributed by atoms with E-state index in [1.54, 1.807) is 24.4 Å². The number of rotatable bonds is 3. The minimum absolute atomic E-state index is 0.206. The zero-order valence-corrected chi connectivity index (χ0v) is 15.0. The van der Waals surface area contributed by atoms with E-state index in [1.165, 1.54) is 12.1 Å². The van der Waals surface area contributed by atoms with Crippen molar-refractivity contribution in [3.05, 3.63) is 64.6 Å². The number of fused-ring (bicyclic) bond motifs is 1. The molecule has 0 saturated heterocycles. The number of aromatic nitrogens is 1. The summed E-state index contributed by atoms with van der Waals surface area (Å²) >= 11 is 6.25. The van der Waals surface area contributed by atoms with Gasteiger partial charge in [0.1, 0.15) is 5.82 Å². The Hall–Kier alpha value is -2.99. The van der Waals surface area contributed by atoms with Crippen molar-refractivity contribution in [2.75, 3.05) is 0 Å². The molecule has 1 aliphatic rings. The number of aliphatic imine (C=N–C) groups is 1. The average Bonchev–Trinajstić information content (AvgIpc) is 3.45. The Bertz CT molecular complexity index is 1080. The number of benzene rings is 2. The van der Waals surface area contributed by atoms with Gasteiger partial charge in [-0.2, -0.15) is 4.99 Å². The quantitative estimate of drug-likeness (QED) is 0.529. The molecule has 27 heavy (non-hydrogen) atoms. The van der Waals surface area contributed by atoms with Crippen LogP contribution in [-0.4, -0.2) is 16.9 Å². The fourth-order valence-electron chi connectivity index (χ4n) is 3.22. The third kappa shape index (κ3) is 3.24. The maximum atomic E-state index is 14.5. The molecule has 0 atom stereocenters. The summed E-state index contributed by atoms with van der Waals surface area (Å²) in [7, 11) is 0. The smallest absolute Gasteiger partial charge is 0.280 e. The molecule has 4 rings (SSSR count). The fraction of sp³-hybridized carbons (Fsp3) is 0.150. The van der Waals surface area contributed by atoms with Crippen molar-refractivity contribution in [2.24, 2.45) is 16.5 Å². The molecule has 1 fully saturated rings. The highest BCUT2D eigenvalue weighted by Crippen LogP contribution is 2.45. The van der Waals surface area contributed by atoms with Crippen LogP contribution in [0.1, 0.15) is 34.7 Å². The molecule has 0 radical (unpaired) electrons. The SMILES string of the molecule is NC(N)=NC(=O)c1ccc2c(C3CC3)cnc(-c3c(F)cccc3Cl)c2c1. The number of guanidine groups is 1. The number of pyridine rings is 1. The largest absolute Gasteiger partial charge is 0.370 e. The highest BCUT2D eigenvalue weighted by atomic mass is 35.5. The molecule has 5 nitrogen and oxygen atoms in total. The molecule has 1 amide bonds. The van der Waals surface area contributed by atoms with Crippen molar-refractivity contribution in [3.8, 4) is 11.3 Å². The van der Waals surface area contributed by atoms with Crippen LogP contribution in [0.4, 0.5) is 4.39 Å². The first-order valence-corrected chi connectivity index (χ1v) is 8.84. The third-order valence-corrected chi connectivity index (χ3v) is 4.93. The monoisotopic (exact) mass is 382 g/mol. The van der Waals surface area contributed by atoms with Crippen LogP contribution in [0.5, 0.6) is 0 Å². The Kier molecular flexibility index (Phi) is 4.28. The summed E-state index contributed by atoms with van der Waals surface area (Å²) in [6.07, 6.45) is 3.95. The Morgan fingerprint density at radius 1 is 1.19 bits per heavy atom. The number of carbonyl (C=O) groups excluding carboxylic acids is 1. The van der Waals surface area contributed by atoms with Gasteiger partial charge in [-0.3, -0.25) is 9.78 Å². The Labute approximate surface area is 159 Å². The van der Waals surface area contributed by atoms with Crippen LogP contribution in [0.2, 0.25) is 5.02 Å². The lowest BCUT2D eigenvalue weighted by Crippen LogP contribution is -2.24. The van der Waals surface area contributed by atoms with Crippen molar-refractivity contribution in [1.29, 1.82) is 0 Å². The van der Waals surface area contributed by atoms with Gasteiger partial charge in [0.2, 0.25) is 0 Å². The van der Waals surface area contributed by atoms with Crippen LogP contribution < -0.4 is 11.5 Å². The average molecular weight is 383 g/mol. The minimum Gasteiger partial charge on any atom is -0.370 e. The Morgan fingerprint density at radius 2 is 1.96 bits per heavy atom. The molecule has 1 aromatic heterocycles. The summed E-state index contributed by atoms with van der Waals surface area (Å²) in [5.74, 6) is -0.928. The highest BCUT2D eigenvalue weighted by molar-refractivity contribution is 6.33. The van der Waals surface area contributed by atoms with E-state index in [2.05, 4.69) is 9.98 Å². The van der Waals surface area contributed by atoms with E-state index in [4.69, 9.17) is 23.1 Å². The summed E-state index contributed by atoms with van der Waals surface area (Å²) in [5, 5.41) is 1.81. The predicted octanol–water partition coefficient (Wildman–Crippen LogP) is 3.99. The lowest BCUT2D eigenvalue weighted by molar-refractivity contribution is 0.100. The van der Waals surface area contributed by atoms with Crippen LogP contribution in [0.15, 0.2) is 47.6 Å². The van der Waals surface area contributed by atoms with Gasteiger partial charge in [0.05, 0.1) is 16.3 Å². The third-order valence-electron chi connectivity index (χ3n) is 4.61. The fourth-order valence-corrected chi connectivity index (χ4v) is 3.48. The van der Waals surface area contributed by atoms with Crippen LogP contribution in [0.3, 0.4) is 0 Å². The Balaban J connectivity index is 2.00. The number of carbonyl (C=O) groups is 1. The first-order valence-electron chi connectivity index (χ1n) is 8.46. The van der Waals surface area contributed by atoms with E-state index in [9.17, 15) is 9.18 Å². The summed E-state index contributed by atoms with van der Waals surface area (Å²) in [6, 6.07) is 9.61. The summed E-state index contributed by atoms with van der Waals surface area (Å²) in [5.41, 5.74) is 12.6. The van der Waals surface area contributed by atoms with Gasteiger partial charge in [0.15, 0.2) is 5.96 Å². The zero-order chi connectivity index (χ0) is 19.1.